The van der Waals surface area contributed by atoms with Crippen LogP contribution in [-0.4, -0.2) is 40.0 Å². The SMILES string of the molecule is CC(C)(C)OC(=O)N1CC2[C@@H](C1)[C@@H]2C(=O)NC(C)(C)c1cc2ccccn2c1. The number of carbonyl (C=O) groups excluding carboxylic acids is 2. The van der Waals surface area contributed by atoms with Crippen LogP contribution in [0.3, 0.4) is 0 Å². The molecule has 3 atom stereocenters. The molecule has 2 aromatic rings. The molecule has 0 spiro atoms. The zero-order valence-corrected chi connectivity index (χ0v) is 17.2. The van der Waals surface area contributed by atoms with Crippen molar-refractivity contribution in [2.45, 2.75) is 45.8 Å². The van der Waals surface area contributed by atoms with E-state index in [-0.39, 0.29) is 29.8 Å². The number of hydrogen-bond acceptors (Lipinski definition) is 3. The van der Waals surface area contributed by atoms with Crippen molar-refractivity contribution in [2.24, 2.45) is 17.8 Å². The fraction of sp³-hybridized carbons (Fsp3) is 0.545. The minimum absolute atomic E-state index is 0.00464. The molecule has 4 rings (SSSR count). The molecule has 0 radical (unpaired) electrons. The van der Waals surface area contributed by atoms with Crippen LogP contribution in [0.25, 0.3) is 5.52 Å². The zero-order valence-electron chi connectivity index (χ0n) is 17.2. The van der Waals surface area contributed by atoms with Gasteiger partial charge >= 0.3 is 6.09 Å². The van der Waals surface area contributed by atoms with E-state index in [1.807, 2.05) is 52.9 Å². The number of likely N-dealkylation sites (tertiary alicyclic amines) is 1. The third kappa shape index (κ3) is 3.48. The second-order valence-corrected chi connectivity index (χ2v) is 9.61. The molecule has 1 N–H and O–H groups in total. The number of aromatic nitrogens is 1. The molecule has 2 fully saturated rings. The Bertz CT molecular complexity index is 879. The van der Waals surface area contributed by atoms with E-state index in [1.165, 1.54) is 0 Å². The first-order valence-electron chi connectivity index (χ1n) is 9.92. The maximum absolute atomic E-state index is 12.9. The fourth-order valence-corrected chi connectivity index (χ4v) is 4.25. The van der Waals surface area contributed by atoms with Crippen LogP contribution in [0.15, 0.2) is 36.7 Å². The quantitative estimate of drug-likeness (QED) is 0.884. The van der Waals surface area contributed by atoms with Crippen molar-refractivity contribution in [3.05, 3.63) is 42.2 Å². The van der Waals surface area contributed by atoms with E-state index in [4.69, 9.17) is 4.74 Å². The predicted molar refractivity (Wildman–Crippen MR) is 107 cm³/mol. The summed E-state index contributed by atoms with van der Waals surface area (Å²) in [6, 6.07) is 8.16. The lowest BCUT2D eigenvalue weighted by Crippen LogP contribution is -2.44. The van der Waals surface area contributed by atoms with Gasteiger partial charge < -0.3 is 19.4 Å². The van der Waals surface area contributed by atoms with Gasteiger partial charge in [0.25, 0.3) is 0 Å². The molecule has 1 aliphatic heterocycles. The molecule has 1 saturated carbocycles. The lowest BCUT2D eigenvalue weighted by Gasteiger charge is -2.28. The van der Waals surface area contributed by atoms with Crippen molar-refractivity contribution < 1.29 is 14.3 Å². The highest BCUT2D eigenvalue weighted by Crippen LogP contribution is 2.52. The summed E-state index contributed by atoms with van der Waals surface area (Å²) in [7, 11) is 0. The van der Waals surface area contributed by atoms with Crippen LogP contribution in [0.5, 0.6) is 0 Å². The molecule has 150 valence electrons. The molecule has 6 heteroatoms. The summed E-state index contributed by atoms with van der Waals surface area (Å²) in [5, 5.41) is 3.22. The van der Waals surface area contributed by atoms with Crippen molar-refractivity contribution >= 4 is 17.5 Å². The smallest absolute Gasteiger partial charge is 0.410 e. The summed E-state index contributed by atoms with van der Waals surface area (Å²) < 4.78 is 7.50. The maximum atomic E-state index is 12.9. The molecule has 1 aliphatic carbocycles. The second-order valence-electron chi connectivity index (χ2n) is 9.61. The summed E-state index contributed by atoms with van der Waals surface area (Å²) in [6.45, 7) is 10.9. The number of fused-ring (bicyclic) bond motifs is 2. The minimum Gasteiger partial charge on any atom is -0.444 e. The van der Waals surface area contributed by atoms with Crippen molar-refractivity contribution in [3.8, 4) is 0 Å². The van der Waals surface area contributed by atoms with E-state index in [0.29, 0.717) is 13.1 Å². The number of nitrogens with zero attached hydrogens (tertiary/aromatic N) is 2. The van der Waals surface area contributed by atoms with E-state index in [0.717, 1.165) is 11.1 Å². The number of amides is 2. The molecule has 0 aromatic carbocycles. The van der Waals surface area contributed by atoms with E-state index in [2.05, 4.69) is 28.0 Å². The van der Waals surface area contributed by atoms with Crippen LogP contribution in [0.4, 0.5) is 4.79 Å². The Labute approximate surface area is 165 Å². The highest BCUT2D eigenvalue weighted by atomic mass is 16.6. The van der Waals surface area contributed by atoms with E-state index < -0.39 is 11.1 Å². The zero-order chi connectivity index (χ0) is 20.3. The Hall–Kier alpha value is -2.50. The molecule has 2 aliphatic rings. The van der Waals surface area contributed by atoms with Gasteiger partial charge in [0, 0.05) is 36.9 Å². The highest BCUT2D eigenvalue weighted by molar-refractivity contribution is 5.84. The average molecular weight is 383 g/mol. The lowest BCUT2D eigenvalue weighted by atomic mass is 9.96. The maximum Gasteiger partial charge on any atom is 0.410 e. The third-order valence-corrected chi connectivity index (χ3v) is 5.81. The first kappa shape index (κ1) is 18.8. The van der Waals surface area contributed by atoms with Gasteiger partial charge in [0.2, 0.25) is 5.91 Å². The molecule has 2 amide bonds. The summed E-state index contributed by atoms with van der Waals surface area (Å²) in [4.78, 5) is 26.8. The van der Waals surface area contributed by atoms with Gasteiger partial charge in [-0.05, 0) is 70.2 Å². The Morgan fingerprint density at radius 3 is 2.39 bits per heavy atom. The van der Waals surface area contributed by atoms with Crippen LogP contribution >= 0.6 is 0 Å². The average Bonchev–Trinajstić information content (AvgIpc) is 2.96. The molecule has 1 unspecified atom stereocenters. The Morgan fingerprint density at radius 2 is 1.79 bits per heavy atom. The number of piperidine rings is 1. The first-order chi connectivity index (χ1) is 13.0. The van der Waals surface area contributed by atoms with Crippen molar-refractivity contribution in [2.75, 3.05) is 13.1 Å². The molecule has 6 nitrogen and oxygen atoms in total. The van der Waals surface area contributed by atoms with Crippen LogP contribution in [0.2, 0.25) is 0 Å². The summed E-state index contributed by atoms with van der Waals surface area (Å²) in [5.41, 5.74) is 1.24. The van der Waals surface area contributed by atoms with Crippen molar-refractivity contribution in [1.29, 1.82) is 0 Å². The number of nitrogens with one attached hydrogen (secondary N) is 1. The van der Waals surface area contributed by atoms with Crippen LogP contribution in [0.1, 0.15) is 40.2 Å². The van der Waals surface area contributed by atoms with Gasteiger partial charge in [0.15, 0.2) is 0 Å². The van der Waals surface area contributed by atoms with Crippen molar-refractivity contribution in [1.82, 2.24) is 14.6 Å². The summed E-state index contributed by atoms with van der Waals surface area (Å²) in [5.74, 6) is 0.571. The number of carbonyl (C=O) groups is 2. The van der Waals surface area contributed by atoms with Gasteiger partial charge in [0.1, 0.15) is 5.60 Å². The first-order valence-corrected chi connectivity index (χ1v) is 9.92. The van der Waals surface area contributed by atoms with Crippen LogP contribution in [0, 0.1) is 17.8 Å². The standard InChI is InChI=1S/C22H29N3O3/c1-21(2,3)28-20(27)25-12-16-17(13-25)18(16)19(26)23-22(4,5)14-10-15-8-6-7-9-24(15)11-14/h6-11,16-18H,12-13H2,1-5H3,(H,23,26)/t16-,17?,18+/m1/s1. The number of rotatable bonds is 3. The number of ether oxygens (including phenoxy) is 1. The van der Waals surface area contributed by atoms with E-state index in [1.54, 1.807) is 4.90 Å². The lowest BCUT2D eigenvalue weighted by molar-refractivity contribution is -0.125. The third-order valence-electron chi connectivity index (χ3n) is 5.81. The molecule has 3 heterocycles. The van der Waals surface area contributed by atoms with Gasteiger partial charge in [0.05, 0.1) is 5.54 Å². The predicted octanol–water partition coefficient (Wildman–Crippen LogP) is 3.40. The van der Waals surface area contributed by atoms with Crippen LogP contribution in [-0.2, 0) is 15.1 Å². The second kappa shape index (κ2) is 6.26. The molecule has 0 bridgehead atoms. The number of pyridine rings is 1. The van der Waals surface area contributed by atoms with Crippen LogP contribution < -0.4 is 5.32 Å². The molecule has 1 saturated heterocycles. The van der Waals surface area contributed by atoms with Gasteiger partial charge in [-0.1, -0.05) is 6.07 Å². The normalized spacial score (nSPS) is 24.2. The largest absolute Gasteiger partial charge is 0.444 e. The molecular formula is C22H29N3O3. The monoisotopic (exact) mass is 383 g/mol. The van der Waals surface area contributed by atoms with Gasteiger partial charge in [-0.2, -0.15) is 0 Å². The molecule has 2 aromatic heterocycles. The fourth-order valence-electron chi connectivity index (χ4n) is 4.25. The Kier molecular flexibility index (Phi) is 4.21. The van der Waals surface area contributed by atoms with Crippen molar-refractivity contribution in [3.63, 3.8) is 0 Å². The number of hydrogen-bond donors (Lipinski definition) is 1. The van der Waals surface area contributed by atoms with E-state index in [9.17, 15) is 9.59 Å². The van der Waals surface area contributed by atoms with Gasteiger partial charge in [-0.15, -0.1) is 0 Å². The Balaban J connectivity index is 1.36. The highest BCUT2D eigenvalue weighted by Gasteiger charge is 2.61. The van der Waals surface area contributed by atoms with Gasteiger partial charge in [-0.25, -0.2) is 4.79 Å². The molecular weight excluding hydrogens is 354 g/mol. The Morgan fingerprint density at radius 1 is 1.11 bits per heavy atom. The summed E-state index contributed by atoms with van der Waals surface area (Å²) in [6.07, 6.45) is 3.79. The van der Waals surface area contributed by atoms with Gasteiger partial charge in [-0.3, -0.25) is 4.79 Å². The topological polar surface area (TPSA) is 63.0 Å². The minimum atomic E-state index is -0.494. The molecule has 28 heavy (non-hydrogen) atoms. The van der Waals surface area contributed by atoms with E-state index >= 15 is 0 Å². The summed E-state index contributed by atoms with van der Waals surface area (Å²) >= 11 is 0.